The van der Waals surface area contributed by atoms with Gasteiger partial charge in [-0.15, -0.1) is 0 Å². The number of nitrogens with one attached hydrogen (secondary N) is 1. The largest absolute Gasteiger partial charge is 0.364 e. The van der Waals surface area contributed by atoms with Crippen molar-refractivity contribution in [1.82, 2.24) is 14.6 Å². The molecule has 6 rings (SSSR count). The maximum Gasteiger partial charge on any atom is 0.258 e. The van der Waals surface area contributed by atoms with Gasteiger partial charge in [0.25, 0.3) is 11.5 Å². The molecule has 1 aliphatic heterocycles. The second kappa shape index (κ2) is 10.6. The summed E-state index contributed by atoms with van der Waals surface area (Å²) in [6.45, 7) is 8.68. The first-order chi connectivity index (χ1) is 19.4. The molecule has 7 nitrogen and oxygen atoms in total. The first-order valence-electron chi connectivity index (χ1n) is 13.7. The van der Waals surface area contributed by atoms with E-state index in [1.807, 2.05) is 55.5 Å². The van der Waals surface area contributed by atoms with Crippen molar-refractivity contribution in [3.63, 3.8) is 0 Å². The number of aryl methyl sites for hydroxylation is 1. The smallest absolute Gasteiger partial charge is 0.258 e. The standard InChI is InChI=1S/C33H32N4O3/c1-21(2)36-13-11-24-17-29(9-7-28(24)19-36)34-32(38)27-6-4-5-23(15-27)18-37-14-12-26-16-25(8-10-30(26)33(37)39)31-20-40-35-22(31)3/h4-10,12,14-17,20-21H,11,13,18-19H2,1-3H3,(H,34,38). The van der Waals surface area contributed by atoms with Crippen molar-refractivity contribution in [2.75, 3.05) is 11.9 Å². The summed E-state index contributed by atoms with van der Waals surface area (Å²) in [5.74, 6) is -0.163. The Balaban J connectivity index is 1.18. The minimum absolute atomic E-state index is 0.0777. The Morgan fingerprint density at radius 1 is 1.05 bits per heavy atom. The molecule has 0 saturated heterocycles. The molecule has 0 unspecified atom stereocenters. The molecule has 0 atom stereocenters. The Kier molecular flexibility index (Phi) is 6.82. The van der Waals surface area contributed by atoms with Crippen molar-refractivity contribution >= 4 is 22.4 Å². The Labute approximate surface area is 233 Å². The average molecular weight is 533 g/mol. The van der Waals surface area contributed by atoms with Crippen molar-refractivity contribution in [1.29, 1.82) is 0 Å². The van der Waals surface area contributed by atoms with Crippen molar-refractivity contribution in [3.05, 3.63) is 117 Å². The summed E-state index contributed by atoms with van der Waals surface area (Å²) >= 11 is 0. The number of fused-ring (bicyclic) bond motifs is 2. The summed E-state index contributed by atoms with van der Waals surface area (Å²) in [6.07, 6.45) is 4.40. The number of amides is 1. The van der Waals surface area contributed by atoms with Gasteiger partial charge in [-0.1, -0.05) is 29.4 Å². The predicted molar refractivity (Wildman–Crippen MR) is 158 cm³/mol. The summed E-state index contributed by atoms with van der Waals surface area (Å²) < 4.78 is 6.74. The molecule has 1 amide bonds. The van der Waals surface area contributed by atoms with Crippen LogP contribution in [-0.2, 0) is 19.5 Å². The minimum atomic E-state index is -0.163. The zero-order chi connectivity index (χ0) is 27.8. The van der Waals surface area contributed by atoms with Crippen LogP contribution in [0.25, 0.3) is 21.9 Å². The van der Waals surface area contributed by atoms with E-state index in [0.29, 0.717) is 23.5 Å². The maximum absolute atomic E-state index is 13.3. The van der Waals surface area contributed by atoms with E-state index in [4.69, 9.17) is 4.52 Å². The van der Waals surface area contributed by atoms with Crippen LogP contribution in [0.2, 0.25) is 0 Å². The van der Waals surface area contributed by atoms with Crippen molar-refractivity contribution in [3.8, 4) is 11.1 Å². The van der Waals surface area contributed by atoms with Gasteiger partial charge in [0.05, 0.1) is 12.2 Å². The molecule has 0 saturated carbocycles. The summed E-state index contributed by atoms with van der Waals surface area (Å²) in [7, 11) is 0. The second-order valence-electron chi connectivity index (χ2n) is 10.8. The summed E-state index contributed by atoms with van der Waals surface area (Å²) in [4.78, 5) is 28.9. The lowest BCUT2D eigenvalue weighted by Gasteiger charge is -2.32. The van der Waals surface area contributed by atoms with E-state index in [2.05, 4.69) is 41.4 Å². The van der Waals surface area contributed by atoms with E-state index in [-0.39, 0.29) is 11.5 Å². The van der Waals surface area contributed by atoms with Gasteiger partial charge >= 0.3 is 0 Å². The fourth-order valence-corrected chi connectivity index (χ4v) is 5.45. The molecular weight excluding hydrogens is 500 g/mol. The van der Waals surface area contributed by atoms with Crippen LogP contribution in [0.4, 0.5) is 5.69 Å². The number of pyridine rings is 1. The fraction of sp³-hybridized carbons (Fsp3) is 0.242. The van der Waals surface area contributed by atoms with Crippen LogP contribution in [0.5, 0.6) is 0 Å². The lowest BCUT2D eigenvalue weighted by molar-refractivity contribution is 0.102. The van der Waals surface area contributed by atoms with Gasteiger partial charge in [0.1, 0.15) is 6.26 Å². The highest BCUT2D eigenvalue weighted by molar-refractivity contribution is 6.04. The highest BCUT2D eigenvalue weighted by Crippen LogP contribution is 2.26. The first-order valence-corrected chi connectivity index (χ1v) is 13.7. The number of hydrogen-bond acceptors (Lipinski definition) is 5. The van der Waals surface area contributed by atoms with Crippen LogP contribution >= 0.6 is 0 Å². The van der Waals surface area contributed by atoms with E-state index < -0.39 is 0 Å². The van der Waals surface area contributed by atoms with Crippen LogP contribution in [0.1, 0.15) is 46.6 Å². The van der Waals surface area contributed by atoms with Crippen molar-refractivity contribution in [2.24, 2.45) is 0 Å². The third kappa shape index (κ3) is 5.08. The zero-order valence-corrected chi connectivity index (χ0v) is 23.0. The lowest BCUT2D eigenvalue weighted by Crippen LogP contribution is -2.35. The number of rotatable bonds is 6. The molecule has 7 heteroatoms. The molecule has 2 aromatic heterocycles. The number of carbonyl (C=O) groups is 1. The summed E-state index contributed by atoms with van der Waals surface area (Å²) in [5, 5.41) is 8.50. The number of carbonyl (C=O) groups excluding carboxylic acids is 1. The van der Waals surface area contributed by atoms with Gasteiger partial charge < -0.3 is 14.4 Å². The van der Waals surface area contributed by atoms with Crippen LogP contribution in [0.3, 0.4) is 0 Å². The van der Waals surface area contributed by atoms with E-state index in [0.717, 1.165) is 53.0 Å². The van der Waals surface area contributed by atoms with E-state index >= 15 is 0 Å². The average Bonchev–Trinajstić information content (AvgIpc) is 3.40. The Hall–Kier alpha value is -4.49. The highest BCUT2D eigenvalue weighted by atomic mass is 16.5. The molecule has 40 heavy (non-hydrogen) atoms. The monoisotopic (exact) mass is 532 g/mol. The maximum atomic E-state index is 13.3. The van der Waals surface area contributed by atoms with Crippen LogP contribution < -0.4 is 10.9 Å². The van der Waals surface area contributed by atoms with Crippen LogP contribution in [0.15, 0.2) is 88.5 Å². The van der Waals surface area contributed by atoms with Gasteiger partial charge in [-0.3, -0.25) is 14.5 Å². The molecule has 3 aromatic carbocycles. The zero-order valence-electron chi connectivity index (χ0n) is 23.0. The molecule has 0 spiro atoms. The number of anilines is 1. The van der Waals surface area contributed by atoms with Crippen LogP contribution in [-0.4, -0.2) is 33.1 Å². The second-order valence-corrected chi connectivity index (χ2v) is 10.8. The Bertz CT molecular complexity index is 1780. The molecule has 5 aromatic rings. The third-order valence-electron chi connectivity index (χ3n) is 7.82. The molecular formula is C33H32N4O3. The van der Waals surface area contributed by atoms with Gasteiger partial charge in [0, 0.05) is 47.5 Å². The fourth-order valence-electron chi connectivity index (χ4n) is 5.45. The van der Waals surface area contributed by atoms with E-state index in [9.17, 15) is 9.59 Å². The Morgan fingerprint density at radius 2 is 1.93 bits per heavy atom. The van der Waals surface area contributed by atoms with Crippen LogP contribution in [0, 0.1) is 6.92 Å². The molecule has 0 bridgehead atoms. The van der Waals surface area contributed by atoms with Gasteiger partial charge in [0.2, 0.25) is 0 Å². The normalized spacial score (nSPS) is 13.5. The number of nitrogens with zero attached hydrogens (tertiary/aromatic N) is 3. The summed E-state index contributed by atoms with van der Waals surface area (Å²) in [5.41, 5.74) is 7.46. The van der Waals surface area contributed by atoms with Crippen molar-refractivity contribution < 1.29 is 9.32 Å². The molecule has 3 heterocycles. The molecule has 0 aliphatic carbocycles. The van der Waals surface area contributed by atoms with Gasteiger partial charge in [-0.05, 0) is 97.3 Å². The molecule has 1 aliphatic rings. The van der Waals surface area contributed by atoms with Gasteiger partial charge in [0.15, 0.2) is 0 Å². The topological polar surface area (TPSA) is 80.4 Å². The van der Waals surface area contributed by atoms with E-state index in [1.54, 1.807) is 23.1 Å². The number of aromatic nitrogens is 2. The first kappa shape index (κ1) is 25.8. The highest BCUT2D eigenvalue weighted by Gasteiger charge is 2.19. The Morgan fingerprint density at radius 3 is 2.73 bits per heavy atom. The van der Waals surface area contributed by atoms with Crippen molar-refractivity contribution in [2.45, 2.75) is 46.3 Å². The molecule has 0 fully saturated rings. The SMILES string of the molecule is Cc1nocc1-c1ccc2c(=O)n(Cc3cccc(C(=O)Nc4ccc5c(c4)CCN(C(C)C)C5)c3)ccc2c1. The number of benzene rings is 3. The molecule has 0 radical (unpaired) electrons. The molecule has 1 N–H and O–H groups in total. The van der Waals surface area contributed by atoms with E-state index in [1.165, 1.54) is 11.1 Å². The minimum Gasteiger partial charge on any atom is -0.364 e. The lowest BCUT2D eigenvalue weighted by atomic mass is 9.98. The number of hydrogen-bond donors (Lipinski definition) is 1. The van der Waals surface area contributed by atoms with Gasteiger partial charge in [-0.2, -0.15) is 0 Å². The molecule has 202 valence electrons. The quantitative estimate of drug-likeness (QED) is 0.289. The third-order valence-corrected chi connectivity index (χ3v) is 7.82. The predicted octanol–water partition coefficient (Wildman–Crippen LogP) is 6.03. The van der Waals surface area contributed by atoms with Gasteiger partial charge in [-0.25, -0.2) is 0 Å². The summed E-state index contributed by atoms with van der Waals surface area (Å²) in [6, 6.07) is 21.8.